The number of urea groups is 1. The van der Waals surface area contributed by atoms with Gasteiger partial charge in [-0.05, 0) is 42.7 Å². The molecule has 0 spiro atoms. The number of imide groups is 1. The number of carbonyl (C=O) groups excluding carboxylic acids is 2. The molecule has 0 aromatic heterocycles. The summed E-state index contributed by atoms with van der Waals surface area (Å²) in [5, 5.41) is 5.01. The van der Waals surface area contributed by atoms with Crippen LogP contribution in [0.15, 0.2) is 36.4 Å². The number of ether oxygens (including phenoxy) is 2. The van der Waals surface area contributed by atoms with Gasteiger partial charge in [0.2, 0.25) is 5.91 Å². The Morgan fingerprint density at radius 2 is 1.90 bits per heavy atom. The van der Waals surface area contributed by atoms with Crippen LogP contribution in [0.25, 0.3) is 0 Å². The van der Waals surface area contributed by atoms with Crippen molar-refractivity contribution in [2.75, 3.05) is 42.3 Å². The van der Waals surface area contributed by atoms with Gasteiger partial charge in [-0.2, -0.15) is 0 Å². The first kappa shape index (κ1) is 20.6. The number of benzene rings is 2. The zero-order valence-electron chi connectivity index (χ0n) is 15.8. The van der Waals surface area contributed by atoms with Gasteiger partial charge in [-0.15, -0.1) is 12.4 Å². The van der Waals surface area contributed by atoms with Gasteiger partial charge in [0.1, 0.15) is 13.2 Å². The maximum absolute atomic E-state index is 12.3. The van der Waals surface area contributed by atoms with Crippen molar-refractivity contribution in [3.05, 3.63) is 42.0 Å². The molecule has 9 heteroatoms. The topological polar surface area (TPSA) is 106 Å². The molecule has 0 bridgehead atoms. The summed E-state index contributed by atoms with van der Waals surface area (Å²) in [7, 11) is 0. The molecule has 3 amide bonds. The fourth-order valence-corrected chi connectivity index (χ4v) is 3.52. The van der Waals surface area contributed by atoms with Gasteiger partial charge in [-0.1, -0.05) is 6.07 Å². The number of amides is 3. The Kier molecular flexibility index (Phi) is 6.33. The van der Waals surface area contributed by atoms with E-state index >= 15 is 0 Å². The van der Waals surface area contributed by atoms with Gasteiger partial charge in [0, 0.05) is 29.7 Å². The normalized spacial score (nSPS) is 14.3. The third-order valence-corrected chi connectivity index (χ3v) is 4.77. The molecule has 2 aromatic carbocycles. The molecular formula is C20H23ClN4O4. The van der Waals surface area contributed by atoms with E-state index in [0.29, 0.717) is 30.4 Å². The van der Waals surface area contributed by atoms with E-state index in [9.17, 15) is 9.59 Å². The zero-order chi connectivity index (χ0) is 19.5. The van der Waals surface area contributed by atoms with Gasteiger partial charge in [0.05, 0.1) is 6.54 Å². The van der Waals surface area contributed by atoms with Crippen LogP contribution in [0.4, 0.5) is 21.9 Å². The van der Waals surface area contributed by atoms with Crippen molar-refractivity contribution in [2.24, 2.45) is 0 Å². The summed E-state index contributed by atoms with van der Waals surface area (Å²) in [4.78, 5) is 26.5. The molecule has 154 valence electrons. The molecule has 2 aliphatic rings. The van der Waals surface area contributed by atoms with Crippen LogP contribution in [0.5, 0.6) is 11.5 Å². The smallest absolute Gasteiger partial charge is 0.325 e. The molecule has 29 heavy (non-hydrogen) atoms. The van der Waals surface area contributed by atoms with Crippen LogP contribution in [0.3, 0.4) is 0 Å². The average Bonchev–Trinajstić information content (AvgIpc) is 2.68. The number of anilines is 3. The Labute approximate surface area is 174 Å². The van der Waals surface area contributed by atoms with E-state index in [1.807, 2.05) is 23.1 Å². The Morgan fingerprint density at radius 3 is 2.72 bits per heavy atom. The molecule has 0 fully saturated rings. The molecule has 0 saturated heterocycles. The van der Waals surface area contributed by atoms with Gasteiger partial charge in [-0.25, -0.2) is 4.79 Å². The Hall–Kier alpha value is -3.13. The van der Waals surface area contributed by atoms with E-state index in [0.717, 1.165) is 36.3 Å². The molecule has 2 aromatic rings. The number of fused-ring (bicyclic) bond motifs is 2. The number of hydrogen-bond acceptors (Lipinski definition) is 6. The Morgan fingerprint density at radius 1 is 1.10 bits per heavy atom. The van der Waals surface area contributed by atoms with Crippen molar-refractivity contribution in [3.8, 4) is 11.5 Å². The molecule has 2 heterocycles. The van der Waals surface area contributed by atoms with Crippen LogP contribution in [0, 0.1) is 0 Å². The summed E-state index contributed by atoms with van der Waals surface area (Å²) in [6, 6.07) is 10.2. The summed E-state index contributed by atoms with van der Waals surface area (Å²) in [5.74, 6) is 0.819. The van der Waals surface area contributed by atoms with Crippen LogP contribution in [-0.2, 0) is 11.2 Å². The molecule has 8 nitrogen and oxygen atoms in total. The van der Waals surface area contributed by atoms with E-state index < -0.39 is 6.03 Å². The summed E-state index contributed by atoms with van der Waals surface area (Å²) in [5.41, 5.74) is 9.30. The van der Waals surface area contributed by atoms with E-state index in [4.69, 9.17) is 15.2 Å². The first-order chi connectivity index (χ1) is 13.6. The molecule has 0 atom stereocenters. The lowest BCUT2D eigenvalue weighted by molar-refractivity contribution is -0.118. The van der Waals surface area contributed by atoms with Gasteiger partial charge < -0.3 is 25.4 Å². The quantitative estimate of drug-likeness (QED) is 0.661. The zero-order valence-corrected chi connectivity index (χ0v) is 16.6. The maximum atomic E-state index is 12.3. The van der Waals surface area contributed by atoms with Crippen molar-refractivity contribution in [3.63, 3.8) is 0 Å². The predicted octanol–water partition coefficient (Wildman–Crippen LogP) is 2.56. The van der Waals surface area contributed by atoms with Gasteiger partial charge >= 0.3 is 6.03 Å². The van der Waals surface area contributed by atoms with Crippen LogP contribution < -0.4 is 30.7 Å². The number of halogens is 1. The number of nitrogen functional groups attached to an aromatic ring is 1. The highest BCUT2D eigenvalue weighted by molar-refractivity contribution is 6.02. The maximum Gasteiger partial charge on any atom is 0.325 e. The Bertz CT molecular complexity index is 921. The number of nitrogens with zero attached hydrogens (tertiary/aromatic N) is 1. The van der Waals surface area contributed by atoms with Gasteiger partial charge in [0.25, 0.3) is 0 Å². The highest BCUT2D eigenvalue weighted by Crippen LogP contribution is 2.33. The second-order valence-electron chi connectivity index (χ2n) is 6.73. The molecule has 4 rings (SSSR count). The number of carbonyl (C=O) groups is 2. The highest BCUT2D eigenvalue weighted by atomic mass is 35.5. The van der Waals surface area contributed by atoms with Crippen molar-refractivity contribution in [1.82, 2.24) is 5.32 Å². The molecule has 0 radical (unpaired) electrons. The number of hydrogen-bond donors (Lipinski definition) is 3. The van der Waals surface area contributed by atoms with Gasteiger partial charge in [0.15, 0.2) is 11.5 Å². The number of nitrogens with one attached hydrogen (secondary N) is 2. The van der Waals surface area contributed by atoms with Gasteiger partial charge in [-0.3, -0.25) is 10.1 Å². The fraction of sp³-hybridized carbons (Fsp3) is 0.300. The average molecular weight is 419 g/mol. The van der Waals surface area contributed by atoms with E-state index in [2.05, 4.69) is 10.6 Å². The lowest BCUT2D eigenvalue weighted by Gasteiger charge is -2.31. The SMILES string of the molecule is Cl.Nc1cccc2c1CCCN2CC(=O)NC(=O)Nc1ccc2c(c1)OCCO2. The predicted molar refractivity (Wildman–Crippen MR) is 113 cm³/mol. The lowest BCUT2D eigenvalue weighted by Crippen LogP contribution is -2.43. The molecule has 0 unspecified atom stereocenters. The molecule has 2 aliphatic heterocycles. The van der Waals surface area contributed by atoms with Crippen LogP contribution in [0.2, 0.25) is 0 Å². The van der Waals surface area contributed by atoms with Crippen molar-refractivity contribution >= 4 is 41.4 Å². The van der Waals surface area contributed by atoms with Crippen LogP contribution in [-0.4, -0.2) is 38.2 Å². The number of nitrogens with two attached hydrogens (primary N) is 1. The van der Waals surface area contributed by atoms with Crippen LogP contribution >= 0.6 is 12.4 Å². The first-order valence-electron chi connectivity index (χ1n) is 9.23. The summed E-state index contributed by atoms with van der Waals surface area (Å²) >= 11 is 0. The van der Waals surface area contributed by atoms with E-state index in [-0.39, 0.29) is 24.9 Å². The minimum absolute atomic E-state index is 0. The van der Waals surface area contributed by atoms with E-state index in [1.54, 1.807) is 18.2 Å². The monoisotopic (exact) mass is 418 g/mol. The molecule has 0 aliphatic carbocycles. The second kappa shape index (κ2) is 8.91. The summed E-state index contributed by atoms with van der Waals surface area (Å²) < 4.78 is 10.9. The second-order valence-corrected chi connectivity index (χ2v) is 6.73. The Balaban J connectivity index is 0.00000240. The fourth-order valence-electron chi connectivity index (χ4n) is 3.52. The molecule has 4 N–H and O–H groups in total. The molecule has 0 saturated carbocycles. The minimum Gasteiger partial charge on any atom is -0.486 e. The van der Waals surface area contributed by atoms with Crippen LogP contribution in [0.1, 0.15) is 12.0 Å². The van der Waals surface area contributed by atoms with Crippen molar-refractivity contribution in [1.29, 1.82) is 0 Å². The standard InChI is InChI=1S/C20H22N4O4.ClH/c21-15-4-1-5-16-14(15)3-2-8-24(16)12-19(25)23-20(26)22-13-6-7-17-18(11-13)28-10-9-27-17;/h1,4-7,11H,2-3,8-10,12,21H2,(H2,22,23,25,26);1H. The van der Waals surface area contributed by atoms with E-state index in [1.165, 1.54) is 0 Å². The van der Waals surface area contributed by atoms with Crippen molar-refractivity contribution < 1.29 is 19.1 Å². The lowest BCUT2D eigenvalue weighted by atomic mass is 10.00. The molecular weight excluding hydrogens is 396 g/mol. The summed E-state index contributed by atoms with van der Waals surface area (Å²) in [6.07, 6.45) is 1.81. The highest BCUT2D eigenvalue weighted by Gasteiger charge is 2.21. The third-order valence-electron chi connectivity index (χ3n) is 4.77. The number of rotatable bonds is 3. The largest absolute Gasteiger partial charge is 0.486 e. The minimum atomic E-state index is -0.591. The van der Waals surface area contributed by atoms with Crippen molar-refractivity contribution in [2.45, 2.75) is 12.8 Å². The summed E-state index contributed by atoms with van der Waals surface area (Å²) in [6.45, 7) is 1.79. The first-order valence-corrected chi connectivity index (χ1v) is 9.23. The third kappa shape index (κ3) is 4.65.